The Hall–Kier alpha value is -2.47. The molecule has 0 aliphatic carbocycles. The normalized spacial score (nSPS) is 14.6. The summed E-state index contributed by atoms with van der Waals surface area (Å²) in [5.74, 6) is 0.862. The van der Waals surface area contributed by atoms with Gasteiger partial charge in [-0.25, -0.2) is 0 Å². The van der Waals surface area contributed by atoms with Gasteiger partial charge < -0.3 is 15.0 Å². The van der Waals surface area contributed by atoms with E-state index in [2.05, 4.69) is 34.3 Å². The monoisotopic (exact) mass is 340 g/mol. The van der Waals surface area contributed by atoms with Crippen molar-refractivity contribution in [1.29, 1.82) is 0 Å². The number of aromatic nitrogens is 2. The van der Waals surface area contributed by atoms with E-state index in [0.717, 1.165) is 35.7 Å². The molecule has 1 aromatic heterocycles. The van der Waals surface area contributed by atoms with E-state index in [1.54, 1.807) is 6.07 Å². The fourth-order valence-electron chi connectivity index (χ4n) is 2.93. The lowest BCUT2D eigenvalue weighted by molar-refractivity contribution is 0.102. The number of aryl methyl sites for hydroxylation is 1. The van der Waals surface area contributed by atoms with E-state index in [1.165, 1.54) is 0 Å². The van der Waals surface area contributed by atoms with Crippen LogP contribution in [0.4, 0.5) is 11.5 Å². The van der Waals surface area contributed by atoms with Crippen molar-refractivity contribution >= 4 is 17.4 Å². The van der Waals surface area contributed by atoms with Crippen molar-refractivity contribution < 1.29 is 9.53 Å². The highest BCUT2D eigenvalue weighted by atomic mass is 16.5. The molecule has 3 rings (SSSR count). The number of carbonyl (C=O) groups excluding carboxylic acids is 1. The van der Waals surface area contributed by atoms with Crippen molar-refractivity contribution in [1.82, 2.24) is 10.2 Å². The highest BCUT2D eigenvalue weighted by Crippen LogP contribution is 2.27. The van der Waals surface area contributed by atoms with Crippen LogP contribution in [0.3, 0.4) is 0 Å². The highest BCUT2D eigenvalue weighted by molar-refractivity contribution is 6.03. The number of rotatable bonds is 4. The Bertz CT molecular complexity index is 738. The first-order chi connectivity index (χ1) is 12.1. The molecule has 1 aliphatic rings. The van der Waals surface area contributed by atoms with Gasteiger partial charge in [-0.3, -0.25) is 4.79 Å². The third-order valence-electron chi connectivity index (χ3n) is 4.38. The molecule has 1 N–H and O–H groups in total. The molecular weight excluding hydrogens is 316 g/mol. The first-order valence-corrected chi connectivity index (χ1v) is 8.63. The molecule has 2 heterocycles. The fraction of sp³-hybridized carbons (Fsp3) is 0.421. The van der Waals surface area contributed by atoms with Gasteiger partial charge in [0.15, 0.2) is 11.5 Å². The average molecular weight is 340 g/mol. The number of hydrogen-bond acceptors (Lipinski definition) is 5. The minimum atomic E-state index is -0.239. The summed E-state index contributed by atoms with van der Waals surface area (Å²) < 4.78 is 5.34. The second-order valence-electron chi connectivity index (χ2n) is 6.52. The van der Waals surface area contributed by atoms with E-state index >= 15 is 0 Å². The Morgan fingerprint density at radius 3 is 2.56 bits per heavy atom. The zero-order valence-electron chi connectivity index (χ0n) is 15.0. The lowest BCUT2D eigenvalue weighted by atomic mass is 9.98. The van der Waals surface area contributed by atoms with E-state index in [0.29, 0.717) is 24.8 Å². The maximum atomic E-state index is 12.6. The van der Waals surface area contributed by atoms with E-state index in [1.807, 2.05) is 31.2 Å². The Morgan fingerprint density at radius 2 is 1.92 bits per heavy atom. The minimum absolute atomic E-state index is 0.239. The van der Waals surface area contributed by atoms with E-state index in [-0.39, 0.29) is 5.91 Å². The van der Waals surface area contributed by atoms with Crippen LogP contribution in [0, 0.1) is 6.92 Å². The number of carbonyl (C=O) groups is 1. The predicted molar refractivity (Wildman–Crippen MR) is 98.3 cm³/mol. The number of ether oxygens (including phenoxy) is 1. The number of nitrogens with zero attached hydrogens (tertiary/aromatic N) is 3. The smallest absolute Gasteiger partial charge is 0.276 e. The van der Waals surface area contributed by atoms with E-state index in [9.17, 15) is 4.79 Å². The van der Waals surface area contributed by atoms with Crippen LogP contribution in [0.25, 0.3) is 0 Å². The summed E-state index contributed by atoms with van der Waals surface area (Å²) >= 11 is 0. The Morgan fingerprint density at radius 1 is 1.16 bits per heavy atom. The van der Waals surface area contributed by atoms with Gasteiger partial charge in [0.05, 0.1) is 13.2 Å². The number of para-hydroxylation sites is 1. The zero-order chi connectivity index (χ0) is 17.8. The number of hydrogen-bond donors (Lipinski definition) is 1. The largest absolute Gasteiger partial charge is 0.378 e. The Labute approximate surface area is 148 Å². The van der Waals surface area contributed by atoms with Gasteiger partial charge in [-0.2, -0.15) is 0 Å². The lowest BCUT2D eigenvalue weighted by Crippen LogP contribution is -2.37. The Balaban J connectivity index is 1.76. The Kier molecular flexibility index (Phi) is 5.28. The highest BCUT2D eigenvalue weighted by Gasteiger charge is 2.17. The minimum Gasteiger partial charge on any atom is -0.378 e. The summed E-state index contributed by atoms with van der Waals surface area (Å²) in [6, 6.07) is 9.61. The molecule has 1 aromatic carbocycles. The van der Waals surface area contributed by atoms with Crippen LogP contribution in [0.5, 0.6) is 0 Å². The molecule has 0 bridgehead atoms. The molecule has 0 unspecified atom stereocenters. The molecule has 0 saturated carbocycles. The summed E-state index contributed by atoms with van der Waals surface area (Å²) in [5.41, 5.74) is 3.33. The maximum absolute atomic E-state index is 12.6. The molecule has 132 valence electrons. The predicted octanol–water partition coefficient (Wildman–Crippen LogP) is 3.00. The summed E-state index contributed by atoms with van der Waals surface area (Å²) in [6.45, 7) is 9.18. The standard InChI is InChI=1S/C19H24N4O2/c1-13(2)15-6-4-5-14(3)18(15)20-19(24)16-7-8-17(22-21-16)23-9-11-25-12-10-23/h4-8,13H,9-12H2,1-3H3,(H,20,24). The molecular formula is C19H24N4O2. The number of benzene rings is 1. The first kappa shape index (κ1) is 17.4. The molecule has 0 spiro atoms. The van der Waals surface area contributed by atoms with Crippen molar-refractivity contribution in [3.05, 3.63) is 47.2 Å². The van der Waals surface area contributed by atoms with Gasteiger partial charge in [-0.1, -0.05) is 32.0 Å². The molecule has 25 heavy (non-hydrogen) atoms. The van der Waals surface area contributed by atoms with E-state index in [4.69, 9.17) is 4.74 Å². The molecule has 6 heteroatoms. The van der Waals surface area contributed by atoms with Gasteiger partial charge in [0, 0.05) is 18.8 Å². The fourth-order valence-corrected chi connectivity index (χ4v) is 2.93. The topological polar surface area (TPSA) is 67.4 Å². The van der Waals surface area contributed by atoms with Crippen LogP contribution >= 0.6 is 0 Å². The molecule has 6 nitrogen and oxygen atoms in total. The van der Waals surface area contributed by atoms with Crippen LogP contribution in [-0.4, -0.2) is 42.4 Å². The number of morpholine rings is 1. The summed E-state index contributed by atoms with van der Waals surface area (Å²) in [7, 11) is 0. The molecule has 0 radical (unpaired) electrons. The maximum Gasteiger partial charge on any atom is 0.276 e. The van der Waals surface area contributed by atoms with Crippen LogP contribution in [-0.2, 0) is 4.74 Å². The van der Waals surface area contributed by atoms with Crippen LogP contribution < -0.4 is 10.2 Å². The van der Waals surface area contributed by atoms with Crippen molar-refractivity contribution in [3.8, 4) is 0 Å². The van der Waals surface area contributed by atoms with Crippen molar-refractivity contribution in [2.24, 2.45) is 0 Å². The molecule has 0 atom stereocenters. The van der Waals surface area contributed by atoms with Gasteiger partial charge >= 0.3 is 0 Å². The number of anilines is 2. The van der Waals surface area contributed by atoms with E-state index < -0.39 is 0 Å². The van der Waals surface area contributed by atoms with Crippen molar-refractivity contribution in [3.63, 3.8) is 0 Å². The number of nitrogens with one attached hydrogen (secondary N) is 1. The van der Waals surface area contributed by atoms with Crippen LogP contribution in [0.2, 0.25) is 0 Å². The van der Waals surface area contributed by atoms with Crippen LogP contribution in [0.15, 0.2) is 30.3 Å². The van der Waals surface area contributed by atoms with Gasteiger partial charge in [0.2, 0.25) is 0 Å². The van der Waals surface area contributed by atoms with Crippen molar-refractivity contribution in [2.75, 3.05) is 36.5 Å². The summed E-state index contributed by atoms with van der Waals surface area (Å²) in [6.07, 6.45) is 0. The third-order valence-corrected chi connectivity index (χ3v) is 4.38. The quantitative estimate of drug-likeness (QED) is 0.927. The zero-order valence-corrected chi connectivity index (χ0v) is 15.0. The first-order valence-electron chi connectivity index (χ1n) is 8.63. The molecule has 1 fully saturated rings. The molecule has 1 aliphatic heterocycles. The third kappa shape index (κ3) is 3.96. The van der Waals surface area contributed by atoms with Crippen LogP contribution in [0.1, 0.15) is 41.4 Å². The van der Waals surface area contributed by atoms with Gasteiger partial charge in [-0.05, 0) is 36.1 Å². The second-order valence-corrected chi connectivity index (χ2v) is 6.52. The average Bonchev–Trinajstić information content (AvgIpc) is 2.64. The molecule has 1 amide bonds. The lowest BCUT2D eigenvalue weighted by Gasteiger charge is -2.27. The summed E-state index contributed by atoms with van der Waals surface area (Å²) in [4.78, 5) is 14.7. The van der Waals surface area contributed by atoms with Crippen molar-refractivity contribution in [2.45, 2.75) is 26.7 Å². The number of amides is 1. The second kappa shape index (κ2) is 7.61. The van der Waals surface area contributed by atoms with Gasteiger partial charge in [0.1, 0.15) is 0 Å². The molecule has 2 aromatic rings. The van der Waals surface area contributed by atoms with Gasteiger partial charge in [0.25, 0.3) is 5.91 Å². The van der Waals surface area contributed by atoms with Gasteiger partial charge in [-0.15, -0.1) is 10.2 Å². The SMILES string of the molecule is Cc1cccc(C(C)C)c1NC(=O)c1ccc(N2CCOCC2)nn1. The summed E-state index contributed by atoms with van der Waals surface area (Å²) in [5, 5.41) is 11.3. The molecule has 1 saturated heterocycles.